The zero-order valence-electron chi connectivity index (χ0n) is 11.3. The average molecular weight is 263 g/mol. The van der Waals surface area contributed by atoms with Crippen LogP contribution in [0.4, 0.5) is 0 Å². The van der Waals surface area contributed by atoms with Gasteiger partial charge in [0.15, 0.2) is 0 Å². The van der Waals surface area contributed by atoms with Crippen LogP contribution in [0.3, 0.4) is 0 Å². The fourth-order valence-electron chi connectivity index (χ4n) is 3.11. The Labute approximate surface area is 118 Å². The van der Waals surface area contributed by atoms with Crippen LogP contribution >= 0.6 is 0 Å². The van der Waals surface area contributed by atoms with Crippen LogP contribution in [0.2, 0.25) is 0 Å². The first-order valence-corrected chi connectivity index (χ1v) is 7.15. The van der Waals surface area contributed by atoms with Gasteiger partial charge in [0.25, 0.3) is 0 Å². The summed E-state index contributed by atoms with van der Waals surface area (Å²) in [6.07, 6.45) is 3.35. The topological polar surface area (TPSA) is 14.2 Å². The minimum absolute atomic E-state index is 0.163. The minimum Gasteiger partial charge on any atom is -0.371 e. The molecule has 0 aliphatic carbocycles. The van der Waals surface area contributed by atoms with E-state index in [4.69, 9.17) is 4.74 Å². The first-order chi connectivity index (χ1) is 9.92. The molecular weight excluding hydrogens is 246 g/mol. The van der Waals surface area contributed by atoms with E-state index in [-0.39, 0.29) is 6.10 Å². The quantitative estimate of drug-likeness (QED) is 0.682. The van der Waals surface area contributed by atoms with Crippen molar-refractivity contribution >= 4 is 10.9 Å². The Kier molecular flexibility index (Phi) is 2.82. The highest BCUT2D eigenvalue weighted by Gasteiger charge is 2.21. The van der Waals surface area contributed by atoms with Gasteiger partial charge in [-0.2, -0.15) is 0 Å². The number of fused-ring (bicyclic) bond motifs is 2. The molecule has 2 heteroatoms. The Morgan fingerprint density at radius 3 is 2.85 bits per heavy atom. The lowest BCUT2D eigenvalue weighted by Gasteiger charge is -2.26. The molecule has 1 atom stereocenters. The Balaban J connectivity index is 1.70. The molecule has 2 nitrogen and oxygen atoms in total. The van der Waals surface area contributed by atoms with E-state index in [2.05, 4.69) is 65.4 Å². The summed E-state index contributed by atoms with van der Waals surface area (Å²) in [4.78, 5) is 0. The van der Waals surface area contributed by atoms with Crippen LogP contribution in [0.5, 0.6) is 0 Å². The normalized spacial score (nSPS) is 18.1. The second-order valence-corrected chi connectivity index (χ2v) is 5.34. The monoisotopic (exact) mass is 263 g/mol. The second kappa shape index (κ2) is 4.80. The molecule has 100 valence electrons. The molecule has 1 aliphatic heterocycles. The number of hydrogen-bond donors (Lipinski definition) is 0. The predicted molar refractivity (Wildman–Crippen MR) is 80.8 cm³/mol. The summed E-state index contributed by atoms with van der Waals surface area (Å²) < 4.78 is 8.30. The van der Waals surface area contributed by atoms with Gasteiger partial charge in [0.1, 0.15) is 6.10 Å². The summed E-state index contributed by atoms with van der Waals surface area (Å²) in [6.45, 7) is 1.70. The maximum atomic E-state index is 6.01. The molecule has 3 aromatic rings. The molecule has 20 heavy (non-hydrogen) atoms. The molecule has 0 radical (unpaired) electrons. The van der Waals surface area contributed by atoms with E-state index in [1.807, 2.05) is 0 Å². The van der Waals surface area contributed by atoms with Gasteiger partial charge in [0.2, 0.25) is 0 Å². The van der Waals surface area contributed by atoms with Crippen LogP contribution in [0.1, 0.15) is 17.2 Å². The second-order valence-electron chi connectivity index (χ2n) is 5.34. The molecule has 0 spiro atoms. The highest BCUT2D eigenvalue weighted by molar-refractivity contribution is 5.79. The minimum atomic E-state index is 0.163. The van der Waals surface area contributed by atoms with Gasteiger partial charge in [0.05, 0.1) is 13.2 Å². The molecule has 1 aliphatic rings. The van der Waals surface area contributed by atoms with E-state index in [0.29, 0.717) is 0 Å². The molecule has 0 amide bonds. The summed E-state index contributed by atoms with van der Waals surface area (Å²) in [5.41, 5.74) is 4.05. The van der Waals surface area contributed by atoms with Gasteiger partial charge in [-0.25, -0.2) is 0 Å². The van der Waals surface area contributed by atoms with Gasteiger partial charge in [-0.05, 0) is 35.1 Å². The third kappa shape index (κ3) is 1.93. The molecule has 2 heterocycles. The fourth-order valence-corrected chi connectivity index (χ4v) is 3.11. The van der Waals surface area contributed by atoms with Crippen LogP contribution in [-0.4, -0.2) is 11.2 Å². The third-order valence-corrected chi connectivity index (χ3v) is 4.14. The molecule has 0 saturated carbocycles. The molecular formula is C18H17NO. The van der Waals surface area contributed by atoms with Gasteiger partial charge in [-0.15, -0.1) is 0 Å². The van der Waals surface area contributed by atoms with Crippen molar-refractivity contribution in [3.05, 3.63) is 71.9 Å². The lowest BCUT2D eigenvalue weighted by molar-refractivity contribution is 0.0314. The van der Waals surface area contributed by atoms with E-state index in [0.717, 1.165) is 19.6 Å². The first kappa shape index (κ1) is 11.7. The molecule has 0 bridgehead atoms. The lowest BCUT2D eigenvalue weighted by atomic mass is 9.97. The average Bonchev–Trinajstić information content (AvgIpc) is 2.91. The number of hydrogen-bond acceptors (Lipinski definition) is 1. The zero-order valence-corrected chi connectivity index (χ0v) is 11.3. The van der Waals surface area contributed by atoms with Crippen molar-refractivity contribution in [1.29, 1.82) is 0 Å². The molecule has 1 aromatic heterocycles. The number of benzene rings is 2. The van der Waals surface area contributed by atoms with Gasteiger partial charge < -0.3 is 9.30 Å². The molecule has 1 unspecified atom stereocenters. The maximum absolute atomic E-state index is 6.01. The lowest BCUT2D eigenvalue weighted by Crippen LogP contribution is -2.20. The van der Waals surface area contributed by atoms with E-state index < -0.39 is 0 Å². The van der Waals surface area contributed by atoms with Gasteiger partial charge in [0, 0.05) is 11.7 Å². The summed E-state index contributed by atoms with van der Waals surface area (Å²) in [7, 11) is 0. The molecule has 0 fully saturated rings. The maximum Gasteiger partial charge on any atom is 0.101 e. The number of ether oxygens (including phenoxy) is 1. The van der Waals surface area contributed by atoms with Crippen LogP contribution in [0.25, 0.3) is 10.9 Å². The number of para-hydroxylation sites is 1. The van der Waals surface area contributed by atoms with Gasteiger partial charge in [-0.1, -0.05) is 42.5 Å². The van der Waals surface area contributed by atoms with Crippen LogP contribution < -0.4 is 0 Å². The summed E-state index contributed by atoms with van der Waals surface area (Å²) in [6, 6.07) is 19.3. The van der Waals surface area contributed by atoms with E-state index in [1.54, 1.807) is 0 Å². The number of aromatic nitrogens is 1. The predicted octanol–water partition coefficient (Wildman–Crippen LogP) is 3.96. The molecule has 0 N–H and O–H groups in total. The largest absolute Gasteiger partial charge is 0.371 e. The molecule has 2 aromatic carbocycles. The van der Waals surface area contributed by atoms with Crippen molar-refractivity contribution in [2.24, 2.45) is 0 Å². The van der Waals surface area contributed by atoms with Crippen LogP contribution in [-0.2, 0) is 17.7 Å². The summed E-state index contributed by atoms with van der Waals surface area (Å²) >= 11 is 0. The highest BCUT2D eigenvalue weighted by atomic mass is 16.5. The number of rotatable bonds is 2. The van der Waals surface area contributed by atoms with Crippen molar-refractivity contribution < 1.29 is 4.74 Å². The Hall–Kier alpha value is -2.06. The smallest absolute Gasteiger partial charge is 0.101 e. The van der Waals surface area contributed by atoms with Gasteiger partial charge in [-0.3, -0.25) is 0 Å². The molecule has 0 saturated heterocycles. The van der Waals surface area contributed by atoms with E-state index >= 15 is 0 Å². The van der Waals surface area contributed by atoms with Gasteiger partial charge >= 0.3 is 0 Å². The Bertz CT molecular complexity index is 744. The van der Waals surface area contributed by atoms with Crippen molar-refractivity contribution in [2.75, 3.05) is 6.61 Å². The molecule has 4 rings (SSSR count). The first-order valence-electron chi connectivity index (χ1n) is 7.15. The SMILES string of the molecule is c1ccc2c(c1)CCOC2Cn1ccc2ccccc21. The Morgan fingerprint density at radius 2 is 1.85 bits per heavy atom. The van der Waals surface area contributed by atoms with Crippen molar-refractivity contribution in [3.8, 4) is 0 Å². The third-order valence-electron chi connectivity index (χ3n) is 4.14. The summed E-state index contributed by atoms with van der Waals surface area (Å²) in [5.74, 6) is 0. The van der Waals surface area contributed by atoms with E-state index in [1.165, 1.54) is 22.0 Å². The summed E-state index contributed by atoms with van der Waals surface area (Å²) in [5, 5.41) is 1.29. The van der Waals surface area contributed by atoms with Crippen LogP contribution in [0, 0.1) is 0 Å². The van der Waals surface area contributed by atoms with Crippen LogP contribution in [0.15, 0.2) is 60.8 Å². The Morgan fingerprint density at radius 1 is 1.00 bits per heavy atom. The zero-order chi connectivity index (χ0) is 13.4. The number of nitrogens with zero attached hydrogens (tertiary/aromatic N) is 1. The highest BCUT2D eigenvalue weighted by Crippen LogP contribution is 2.29. The van der Waals surface area contributed by atoms with Crippen molar-refractivity contribution in [3.63, 3.8) is 0 Å². The standard InChI is InChI=1S/C18H17NO/c1-3-7-16-14(5-1)10-12-20-18(16)13-19-11-9-15-6-2-4-8-17(15)19/h1-9,11,18H,10,12-13H2. The van der Waals surface area contributed by atoms with Crippen molar-refractivity contribution in [2.45, 2.75) is 19.1 Å². The fraction of sp³-hybridized carbons (Fsp3) is 0.222. The van der Waals surface area contributed by atoms with Crippen molar-refractivity contribution in [1.82, 2.24) is 4.57 Å². The van der Waals surface area contributed by atoms with E-state index in [9.17, 15) is 0 Å².